The molecule has 116 valence electrons. The molecule has 1 aliphatic heterocycles. The molecular weight excluding hydrogens is 294 g/mol. The van der Waals surface area contributed by atoms with Crippen LogP contribution in [0.3, 0.4) is 0 Å². The lowest BCUT2D eigenvalue weighted by Crippen LogP contribution is -2.39. The Morgan fingerprint density at radius 1 is 1.33 bits per heavy atom. The number of non-ortho nitro benzene ring substituents is 1. The van der Waals surface area contributed by atoms with Gasteiger partial charge in [-0.2, -0.15) is 0 Å². The van der Waals surface area contributed by atoms with Crippen molar-refractivity contribution in [3.63, 3.8) is 0 Å². The van der Waals surface area contributed by atoms with Crippen LogP contribution in [0, 0.1) is 22.0 Å². The third-order valence-electron chi connectivity index (χ3n) is 4.13. The minimum Gasteiger partial charge on any atom is -0.370 e. The highest BCUT2D eigenvalue weighted by molar-refractivity contribution is 7.89. The SMILES string of the molecule is C[C@H]1CCN(c2cc([N+](=O)[O-])ccc2S(N)(=O)=O)C[C@@H]1C. The molecular formula is C13H19N3O4S. The molecule has 0 saturated carbocycles. The summed E-state index contributed by atoms with van der Waals surface area (Å²) in [7, 11) is -3.92. The molecule has 1 aromatic rings. The molecule has 1 saturated heterocycles. The van der Waals surface area contributed by atoms with Crippen LogP contribution in [-0.4, -0.2) is 26.4 Å². The number of nitro groups is 1. The highest BCUT2D eigenvalue weighted by Crippen LogP contribution is 2.33. The molecule has 2 N–H and O–H groups in total. The van der Waals surface area contributed by atoms with Gasteiger partial charge in [-0.1, -0.05) is 13.8 Å². The van der Waals surface area contributed by atoms with Crippen LogP contribution in [-0.2, 0) is 10.0 Å². The summed E-state index contributed by atoms with van der Waals surface area (Å²) in [5.74, 6) is 0.921. The predicted octanol–water partition coefficient (Wildman–Crippen LogP) is 1.72. The number of piperidine rings is 1. The first-order valence-corrected chi connectivity index (χ1v) is 8.31. The Morgan fingerprint density at radius 3 is 2.52 bits per heavy atom. The van der Waals surface area contributed by atoms with Crippen molar-refractivity contribution in [1.82, 2.24) is 0 Å². The molecule has 0 aliphatic carbocycles. The second-order valence-corrected chi connectivity index (χ2v) is 7.17. The summed E-state index contributed by atoms with van der Waals surface area (Å²) in [5.41, 5.74) is 0.189. The van der Waals surface area contributed by atoms with Crippen molar-refractivity contribution in [2.24, 2.45) is 17.0 Å². The lowest BCUT2D eigenvalue weighted by Gasteiger charge is -2.37. The van der Waals surface area contributed by atoms with E-state index in [-0.39, 0.29) is 10.6 Å². The molecule has 0 radical (unpaired) electrons. The Hall–Kier alpha value is -1.67. The van der Waals surface area contributed by atoms with E-state index in [0.29, 0.717) is 30.6 Å². The molecule has 8 heteroatoms. The fraction of sp³-hybridized carbons (Fsp3) is 0.538. The maximum atomic E-state index is 11.7. The third kappa shape index (κ3) is 3.33. The van der Waals surface area contributed by atoms with Crippen LogP contribution in [0.5, 0.6) is 0 Å². The van der Waals surface area contributed by atoms with Crippen LogP contribution in [0.15, 0.2) is 23.1 Å². The van der Waals surface area contributed by atoms with Gasteiger partial charge in [0.15, 0.2) is 0 Å². The van der Waals surface area contributed by atoms with E-state index in [4.69, 9.17) is 5.14 Å². The van der Waals surface area contributed by atoms with E-state index in [0.717, 1.165) is 6.42 Å². The van der Waals surface area contributed by atoms with Gasteiger partial charge in [-0.3, -0.25) is 10.1 Å². The van der Waals surface area contributed by atoms with Gasteiger partial charge in [0.2, 0.25) is 10.0 Å². The summed E-state index contributed by atoms with van der Waals surface area (Å²) >= 11 is 0. The molecule has 0 amide bonds. The summed E-state index contributed by atoms with van der Waals surface area (Å²) < 4.78 is 23.4. The Labute approximate surface area is 123 Å². The zero-order chi connectivity index (χ0) is 15.8. The largest absolute Gasteiger partial charge is 0.370 e. The van der Waals surface area contributed by atoms with Gasteiger partial charge in [0.1, 0.15) is 4.90 Å². The van der Waals surface area contributed by atoms with E-state index in [2.05, 4.69) is 13.8 Å². The average molecular weight is 313 g/mol. The van der Waals surface area contributed by atoms with Crippen molar-refractivity contribution in [1.29, 1.82) is 0 Å². The number of sulfonamides is 1. The Balaban J connectivity index is 2.49. The minimum absolute atomic E-state index is 0.0603. The number of nitrogens with two attached hydrogens (primary N) is 1. The number of primary sulfonamides is 1. The number of hydrogen-bond acceptors (Lipinski definition) is 5. The molecule has 2 atom stereocenters. The van der Waals surface area contributed by atoms with E-state index in [1.54, 1.807) is 0 Å². The molecule has 0 spiro atoms. The van der Waals surface area contributed by atoms with Gasteiger partial charge >= 0.3 is 0 Å². The van der Waals surface area contributed by atoms with Crippen molar-refractivity contribution in [3.8, 4) is 0 Å². The fourth-order valence-electron chi connectivity index (χ4n) is 2.59. The molecule has 1 fully saturated rings. The first-order valence-electron chi connectivity index (χ1n) is 6.76. The van der Waals surface area contributed by atoms with Crippen LogP contribution in [0.2, 0.25) is 0 Å². The molecule has 21 heavy (non-hydrogen) atoms. The molecule has 1 aliphatic rings. The second kappa shape index (κ2) is 5.61. The monoisotopic (exact) mass is 313 g/mol. The van der Waals surface area contributed by atoms with Gasteiger partial charge in [0.25, 0.3) is 5.69 Å². The number of hydrogen-bond donors (Lipinski definition) is 1. The Bertz CT molecular complexity index is 659. The third-order valence-corrected chi connectivity index (χ3v) is 5.09. The Kier molecular flexibility index (Phi) is 4.20. The molecule has 0 bridgehead atoms. The summed E-state index contributed by atoms with van der Waals surface area (Å²) in [6, 6.07) is 3.67. The van der Waals surface area contributed by atoms with Gasteiger partial charge in [0, 0.05) is 25.2 Å². The average Bonchev–Trinajstić information content (AvgIpc) is 2.40. The van der Waals surface area contributed by atoms with Gasteiger partial charge in [-0.15, -0.1) is 0 Å². The van der Waals surface area contributed by atoms with Crippen molar-refractivity contribution in [3.05, 3.63) is 28.3 Å². The lowest BCUT2D eigenvalue weighted by atomic mass is 9.88. The zero-order valence-electron chi connectivity index (χ0n) is 12.0. The van der Waals surface area contributed by atoms with Gasteiger partial charge < -0.3 is 4.90 Å². The van der Waals surface area contributed by atoms with E-state index in [1.807, 2.05) is 4.90 Å². The summed E-state index contributed by atoms with van der Waals surface area (Å²) in [4.78, 5) is 12.2. The standard InChI is InChI=1S/C13H19N3O4S/c1-9-5-6-15(8-10(9)2)12-7-11(16(17)18)3-4-13(12)21(14,19)20/h3-4,7,9-10H,5-6,8H2,1-2H3,(H2,14,19,20)/t9-,10-/m0/s1. The highest BCUT2D eigenvalue weighted by Gasteiger charge is 2.28. The number of rotatable bonds is 3. The number of benzene rings is 1. The first-order chi connectivity index (χ1) is 9.70. The molecule has 1 aromatic carbocycles. The van der Waals surface area contributed by atoms with Crippen molar-refractivity contribution in [2.75, 3.05) is 18.0 Å². The maximum Gasteiger partial charge on any atom is 0.271 e. The van der Waals surface area contributed by atoms with Crippen LogP contribution >= 0.6 is 0 Å². The summed E-state index contributed by atoms with van der Waals surface area (Å²) in [6.45, 7) is 5.56. The Morgan fingerprint density at radius 2 is 2.00 bits per heavy atom. The predicted molar refractivity (Wildman–Crippen MR) is 79.6 cm³/mol. The van der Waals surface area contributed by atoms with Crippen LogP contribution in [0.4, 0.5) is 11.4 Å². The van der Waals surface area contributed by atoms with Crippen molar-refractivity contribution < 1.29 is 13.3 Å². The quantitative estimate of drug-likeness (QED) is 0.675. The van der Waals surface area contributed by atoms with Gasteiger partial charge in [0.05, 0.1) is 10.6 Å². The number of anilines is 1. The van der Waals surface area contributed by atoms with Crippen molar-refractivity contribution >= 4 is 21.4 Å². The van der Waals surface area contributed by atoms with Crippen molar-refractivity contribution in [2.45, 2.75) is 25.2 Å². The fourth-order valence-corrected chi connectivity index (χ4v) is 3.33. The maximum absolute atomic E-state index is 11.7. The number of nitrogens with zero attached hydrogens (tertiary/aromatic N) is 2. The van der Waals surface area contributed by atoms with Crippen LogP contribution in [0.25, 0.3) is 0 Å². The van der Waals surface area contributed by atoms with Crippen LogP contribution < -0.4 is 10.0 Å². The molecule has 7 nitrogen and oxygen atoms in total. The molecule has 1 heterocycles. The van der Waals surface area contributed by atoms with Gasteiger partial charge in [-0.05, 0) is 24.3 Å². The number of nitro benzene ring substituents is 1. The second-order valence-electron chi connectivity index (χ2n) is 5.64. The minimum atomic E-state index is -3.92. The summed E-state index contributed by atoms with van der Waals surface area (Å²) in [5, 5.41) is 16.1. The molecule has 0 unspecified atom stereocenters. The van der Waals surface area contributed by atoms with E-state index in [1.165, 1.54) is 18.2 Å². The molecule has 0 aromatic heterocycles. The van der Waals surface area contributed by atoms with Crippen LogP contribution in [0.1, 0.15) is 20.3 Å². The van der Waals surface area contributed by atoms with E-state index >= 15 is 0 Å². The smallest absolute Gasteiger partial charge is 0.271 e. The first kappa shape index (κ1) is 15.7. The zero-order valence-corrected chi connectivity index (χ0v) is 12.8. The van der Waals surface area contributed by atoms with E-state index in [9.17, 15) is 18.5 Å². The highest BCUT2D eigenvalue weighted by atomic mass is 32.2. The van der Waals surface area contributed by atoms with E-state index < -0.39 is 14.9 Å². The lowest BCUT2D eigenvalue weighted by molar-refractivity contribution is -0.384. The normalized spacial score (nSPS) is 23.1. The topological polar surface area (TPSA) is 107 Å². The molecule has 2 rings (SSSR count). The van der Waals surface area contributed by atoms with Gasteiger partial charge in [-0.25, -0.2) is 13.6 Å². The summed E-state index contributed by atoms with van der Waals surface area (Å²) in [6.07, 6.45) is 0.911.